The molecule has 0 saturated heterocycles. The van der Waals surface area contributed by atoms with Gasteiger partial charge in [-0.05, 0) is 48.7 Å². The third-order valence-corrected chi connectivity index (χ3v) is 9.92. The van der Waals surface area contributed by atoms with E-state index in [1.54, 1.807) is 61.8 Å². The Kier molecular flexibility index (Phi) is 11.8. The maximum Gasteiger partial charge on any atom is 0.490 e. The number of aromatic nitrogens is 6. The van der Waals surface area contributed by atoms with Gasteiger partial charge in [0.2, 0.25) is 11.9 Å². The molecule has 1 aliphatic carbocycles. The van der Waals surface area contributed by atoms with Crippen molar-refractivity contribution in [2.75, 3.05) is 23.7 Å². The van der Waals surface area contributed by atoms with E-state index in [-0.39, 0.29) is 42.3 Å². The number of nitrogens with one attached hydrogen (secondary N) is 3. The first kappa shape index (κ1) is 39.7. The van der Waals surface area contributed by atoms with Crippen LogP contribution in [-0.4, -0.2) is 88.7 Å². The number of hydrogen-bond acceptors (Lipinski definition) is 11. The third-order valence-electron chi connectivity index (χ3n) is 9.42. The van der Waals surface area contributed by atoms with Crippen LogP contribution in [0, 0.1) is 0 Å². The summed E-state index contributed by atoms with van der Waals surface area (Å²) in [5.41, 5.74) is 0.369. The smallest absolute Gasteiger partial charge is 0.451 e. The lowest BCUT2D eigenvalue weighted by molar-refractivity contribution is -0.209. The lowest BCUT2D eigenvalue weighted by Crippen LogP contribution is -2.45. The van der Waals surface area contributed by atoms with Crippen molar-refractivity contribution in [2.24, 2.45) is 0 Å². The summed E-state index contributed by atoms with van der Waals surface area (Å²) in [7, 11) is 0. The molecule has 19 heteroatoms. The highest BCUT2D eigenvalue weighted by molar-refractivity contribution is 6.30. The van der Waals surface area contributed by atoms with Crippen LogP contribution in [0.15, 0.2) is 67.4 Å². The summed E-state index contributed by atoms with van der Waals surface area (Å²) >= 11 is 12.3. The van der Waals surface area contributed by atoms with Gasteiger partial charge in [0.05, 0.1) is 37.0 Å². The second kappa shape index (κ2) is 16.4. The third kappa shape index (κ3) is 8.80. The number of anilines is 2. The SMILES string of the molecule is CCC(=O)N[C@H]1C[C@@H](n2cnc3c(NCC(O)(c4ccc(Cl)cc4)c4ccc(Cl)cc4)nc(NCCc4cn(CC)cn4)nc32)[C@H](OC(=O)C(F)(F)F)[C@@H]1O. The largest absolute Gasteiger partial charge is 0.490 e. The summed E-state index contributed by atoms with van der Waals surface area (Å²) < 4.78 is 48.5. The Bertz CT molecular complexity index is 2080. The maximum atomic E-state index is 13.4. The molecule has 5 N–H and O–H groups in total. The summed E-state index contributed by atoms with van der Waals surface area (Å²) in [6, 6.07) is 11.1. The van der Waals surface area contributed by atoms with Gasteiger partial charge in [0.15, 0.2) is 23.1 Å². The molecule has 2 aromatic carbocycles. The topological polar surface area (TPSA) is 181 Å². The first-order valence-electron chi connectivity index (χ1n) is 17.4. The summed E-state index contributed by atoms with van der Waals surface area (Å²) in [5.74, 6) is -2.73. The fraction of sp³-hybridized carbons (Fsp3) is 0.389. The number of carbonyl (C=O) groups is 2. The summed E-state index contributed by atoms with van der Waals surface area (Å²) in [6.07, 6.45) is -3.47. The minimum Gasteiger partial charge on any atom is -0.451 e. The molecule has 0 spiro atoms. The average Bonchev–Trinajstić information content (AvgIpc) is 3.88. The molecule has 3 heterocycles. The van der Waals surface area contributed by atoms with E-state index in [9.17, 15) is 33.0 Å². The van der Waals surface area contributed by atoms with Gasteiger partial charge in [0.1, 0.15) is 11.7 Å². The molecule has 4 atom stereocenters. The number of ether oxygens (including phenoxy) is 1. The number of aryl methyl sites for hydroxylation is 1. The molecular weight excluding hydrogens is 766 g/mol. The van der Waals surface area contributed by atoms with Crippen molar-refractivity contribution in [2.45, 2.75) is 75.7 Å². The Hall–Kier alpha value is -4.97. The van der Waals surface area contributed by atoms with E-state index in [4.69, 9.17) is 27.9 Å². The quantitative estimate of drug-likeness (QED) is 0.0951. The fourth-order valence-electron chi connectivity index (χ4n) is 6.46. The van der Waals surface area contributed by atoms with Gasteiger partial charge in [-0.1, -0.05) is 54.4 Å². The molecule has 6 rings (SSSR count). The van der Waals surface area contributed by atoms with Crippen molar-refractivity contribution in [3.63, 3.8) is 0 Å². The number of benzene rings is 2. The van der Waals surface area contributed by atoms with Crippen LogP contribution in [-0.2, 0) is 32.9 Å². The van der Waals surface area contributed by atoms with Crippen molar-refractivity contribution < 1.29 is 37.7 Å². The van der Waals surface area contributed by atoms with E-state index in [1.165, 1.54) is 10.9 Å². The molecule has 14 nitrogen and oxygen atoms in total. The lowest BCUT2D eigenvalue weighted by Gasteiger charge is -2.30. The molecule has 1 aliphatic rings. The van der Waals surface area contributed by atoms with Gasteiger partial charge >= 0.3 is 12.1 Å². The van der Waals surface area contributed by atoms with Crippen molar-refractivity contribution in [3.05, 3.63) is 94.2 Å². The first-order valence-corrected chi connectivity index (χ1v) is 18.2. The number of aliphatic hydroxyl groups is 2. The number of carbonyl (C=O) groups excluding carboxylic acids is 2. The first-order chi connectivity index (χ1) is 26.2. The number of fused-ring (bicyclic) bond motifs is 1. The van der Waals surface area contributed by atoms with Gasteiger partial charge in [-0.25, -0.2) is 14.8 Å². The molecule has 1 amide bonds. The molecule has 0 bridgehead atoms. The number of halogens is 5. The Balaban J connectivity index is 1.40. The zero-order chi connectivity index (χ0) is 39.5. The Morgan fingerprint density at radius 2 is 1.62 bits per heavy atom. The zero-order valence-corrected chi connectivity index (χ0v) is 31.1. The van der Waals surface area contributed by atoms with E-state index in [0.29, 0.717) is 34.1 Å². The standard InChI is InChI=1S/C36H38Cl2F3N9O5/c1-3-27(51)46-25-15-26(30(29(25)52)55-33(53)36(39,40)41)50-19-45-28-31(47-34(48-32(28)50)42-14-13-24-16-49(4-2)18-44-24)43-17-35(54,20-5-9-22(37)10-6-20)21-7-11-23(38)12-8-21/h5-12,16,18-19,25-26,29-30,52,54H,3-4,13-15,17H2,1-2H3,(H,46,51)(H2,42,43,47,48)/t25-,26+,29+,30-/m0/s1. The number of nitrogens with zero attached hydrogens (tertiary/aromatic N) is 6. The van der Waals surface area contributed by atoms with Crippen LogP contribution in [0.3, 0.4) is 0 Å². The molecule has 55 heavy (non-hydrogen) atoms. The van der Waals surface area contributed by atoms with Crippen LogP contribution in [0.1, 0.15) is 49.6 Å². The Morgan fingerprint density at radius 3 is 2.20 bits per heavy atom. The molecule has 0 unspecified atom stereocenters. The van der Waals surface area contributed by atoms with E-state index in [1.807, 2.05) is 17.7 Å². The van der Waals surface area contributed by atoms with Crippen LogP contribution in [0.25, 0.3) is 11.2 Å². The molecule has 5 aromatic rings. The van der Waals surface area contributed by atoms with Crippen LogP contribution < -0.4 is 16.0 Å². The number of esters is 1. The maximum absolute atomic E-state index is 13.4. The molecule has 3 aromatic heterocycles. The summed E-state index contributed by atoms with van der Waals surface area (Å²) in [5, 5.41) is 33.3. The van der Waals surface area contributed by atoms with Gasteiger partial charge in [-0.3, -0.25) is 4.79 Å². The Labute approximate surface area is 323 Å². The normalized spacial score (nSPS) is 18.7. The average molecular weight is 805 g/mol. The predicted octanol–water partition coefficient (Wildman–Crippen LogP) is 5.03. The van der Waals surface area contributed by atoms with Gasteiger partial charge in [-0.15, -0.1) is 0 Å². The van der Waals surface area contributed by atoms with Gasteiger partial charge in [0.25, 0.3) is 0 Å². The molecule has 0 radical (unpaired) electrons. The van der Waals surface area contributed by atoms with Crippen molar-refractivity contribution >= 4 is 58.0 Å². The summed E-state index contributed by atoms with van der Waals surface area (Å²) in [6.45, 7) is 4.48. The van der Waals surface area contributed by atoms with Crippen molar-refractivity contribution in [1.29, 1.82) is 0 Å². The number of aliphatic hydroxyl groups excluding tert-OH is 1. The minimum atomic E-state index is -5.35. The number of rotatable bonds is 14. The highest BCUT2D eigenvalue weighted by atomic mass is 35.5. The van der Waals surface area contributed by atoms with Gasteiger partial charge in [-0.2, -0.15) is 23.1 Å². The number of hydrogen-bond donors (Lipinski definition) is 5. The molecule has 1 fully saturated rings. The number of alkyl halides is 3. The fourth-order valence-corrected chi connectivity index (χ4v) is 6.71. The van der Waals surface area contributed by atoms with E-state index in [2.05, 4.69) is 35.9 Å². The molecule has 292 valence electrons. The van der Waals surface area contributed by atoms with Crippen LogP contribution in [0.2, 0.25) is 10.0 Å². The monoisotopic (exact) mass is 803 g/mol. The lowest BCUT2D eigenvalue weighted by atomic mass is 9.86. The second-order valence-corrected chi connectivity index (χ2v) is 13.9. The van der Waals surface area contributed by atoms with Gasteiger partial charge in [0, 0.05) is 42.2 Å². The van der Waals surface area contributed by atoms with Crippen molar-refractivity contribution in [1.82, 2.24) is 34.4 Å². The van der Waals surface area contributed by atoms with Crippen LogP contribution in [0.5, 0.6) is 0 Å². The number of imidazole rings is 2. The minimum absolute atomic E-state index is 0.0449. The van der Waals surface area contributed by atoms with E-state index < -0.39 is 47.9 Å². The highest BCUT2D eigenvalue weighted by Crippen LogP contribution is 2.38. The molecule has 1 saturated carbocycles. The second-order valence-electron chi connectivity index (χ2n) is 13.0. The highest BCUT2D eigenvalue weighted by Gasteiger charge is 2.51. The van der Waals surface area contributed by atoms with E-state index >= 15 is 0 Å². The Morgan fingerprint density at radius 1 is 0.964 bits per heavy atom. The summed E-state index contributed by atoms with van der Waals surface area (Å²) in [4.78, 5) is 42.6. The zero-order valence-electron chi connectivity index (χ0n) is 29.6. The molecule has 0 aliphatic heterocycles. The predicted molar refractivity (Wildman–Crippen MR) is 198 cm³/mol. The van der Waals surface area contributed by atoms with Gasteiger partial charge < -0.3 is 40.0 Å². The van der Waals surface area contributed by atoms with Crippen molar-refractivity contribution in [3.8, 4) is 0 Å². The number of amides is 1. The van der Waals surface area contributed by atoms with E-state index in [0.717, 1.165) is 12.2 Å². The molecular formula is C36H38Cl2F3N9O5. The van der Waals surface area contributed by atoms with Crippen LogP contribution in [0.4, 0.5) is 24.9 Å². The van der Waals surface area contributed by atoms with Crippen LogP contribution >= 0.6 is 23.2 Å².